The fourth-order valence-corrected chi connectivity index (χ4v) is 3.80. The number of nitrogens with zero attached hydrogens (tertiary/aromatic N) is 4. The number of tetrazole rings is 1. The maximum Gasteiger partial charge on any atom is 0.251 e. The van der Waals surface area contributed by atoms with Gasteiger partial charge in [0.05, 0.1) is 0 Å². The summed E-state index contributed by atoms with van der Waals surface area (Å²) in [4.78, 5) is 12.6. The fourth-order valence-electron chi connectivity index (χ4n) is 3.80. The summed E-state index contributed by atoms with van der Waals surface area (Å²) in [7, 11) is 0. The molecule has 1 aliphatic carbocycles. The molecule has 2 aromatic heterocycles. The molecule has 0 saturated heterocycles. The summed E-state index contributed by atoms with van der Waals surface area (Å²) in [6, 6.07) is 14.0. The van der Waals surface area contributed by atoms with Crippen LogP contribution in [-0.2, 0) is 0 Å². The number of fused-ring (bicyclic) bond motifs is 1. The molecular formula is C19H21N5O. The van der Waals surface area contributed by atoms with Gasteiger partial charge in [-0.15, -0.1) is 5.10 Å². The van der Waals surface area contributed by atoms with Crippen LogP contribution in [0.5, 0.6) is 0 Å². The normalized spacial score (nSPS) is 16.2. The predicted octanol–water partition coefficient (Wildman–Crippen LogP) is 2.83. The molecule has 1 aromatic carbocycles. The van der Waals surface area contributed by atoms with Gasteiger partial charge in [-0.3, -0.25) is 4.79 Å². The molecule has 1 N–H and O–H groups in total. The average Bonchev–Trinajstić information content (AvgIpc) is 3.34. The van der Waals surface area contributed by atoms with Crippen molar-refractivity contribution in [3.8, 4) is 0 Å². The summed E-state index contributed by atoms with van der Waals surface area (Å²) in [6.07, 6.45) is 6.77. The van der Waals surface area contributed by atoms with E-state index >= 15 is 0 Å². The minimum atomic E-state index is -0.0792. The van der Waals surface area contributed by atoms with E-state index in [2.05, 4.69) is 45.1 Å². The van der Waals surface area contributed by atoms with Crippen LogP contribution < -0.4 is 5.32 Å². The van der Waals surface area contributed by atoms with Crippen molar-refractivity contribution in [1.82, 2.24) is 25.4 Å². The monoisotopic (exact) mass is 335 g/mol. The highest BCUT2D eigenvalue weighted by Gasteiger charge is 2.26. The number of hydrogen-bond acceptors (Lipinski definition) is 4. The Hall–Kier alpha value is -2.76. The first-order valence-electron chi connectivity index (χ1n) is 8.82. The van der Waals surface area contributed by atoms with Gasteiger partial charge in [-0.1, -0.05) is 43.2 Å². The molecule has 0 aliphatic heterocycles. The molecular weight excluding hydrogens is 314 g/mol. The molecule has 1 fully saturated rings. The number of hydrogen-bond donors (Lipinski definition) is 1. The number of carbonyl (C=O) groups is 1. The highest BCUT2D eigenvalue weighted by atomic mass is 16.1. The van der Waals surface area contributed by atoms with E-state index in [1.165, 1.54) is 31.2 Å². The molecule has 6 nitrogen and oxygen atoms in total. The lowest BCUT2D eigenvalue weighted by molar-refractivity contribution is 0.0948. The van der Waals surface area contributed by atoms with Gasteiger partial charge in [0.1, 0.15) is 0 Å². The topological polar surface area (TPSA) is 72.2 Å². The van der Waals surface area contributed by atoms with Crippen molar-refractivity contribution in [2.45, 2.75) is 31.6 Å². The van der Waals surface area contributed by atoms with E-state index in [9.17, 15) is 4.79 Å². The molecule has 0 radical (unpaired) electrons. The lowest BCUT2D eigenvalue weighted by Crippen LogP contribution is -2.31. The second kappa shape index (κ2) is 7.01. The number of aromatic nitrogens is 4. The van der Waals surface area contributed by atoms with Crippen LogP contribution in [0.25, 0.3) is 5.65 Å². The van der Waals surface area contributed by atoms with Crippen LogP contribution in [0.1, 0.15) is 47.5 Å². The second-order valence-corrected chi connectivity index (χ2v) is 6.67. The van der Waals surface area contributed by atoms with Gasteiger partial charge < -0.3 is 5.32 Å². The number of amides is 1. The van der Waals surface area contributed by atoms with Crippen LogP contribution in [0.2, 0.25) is 0 Å². The van der Waals surface area contributed by atoms with Crippen LogP contribution in [-0.4, -0.2) is 32.5 Å². The van der Waals surface area contributed by atoms with Gasteiger partial charge in [-0.2, -0.15) is 0 Å². The number of carbonyl (C=O) groups excluding carboxylic acids is 1. The summed E-state index contributed by atoms with van der Waals surface area (Å²) >= 11 is 0. The summed E-state index contributed by atoms with van der Waals surface area (Å²) in [6.45, 7) is 0.656. The molecule has 0 spiro atoms. The molecule has 2 heterocycles. The van der Waals surface area contributed by atoms with Crippen molar-refractivity contribution in [3.05, 3.63) is 59.8 Å². The summed E-state index contributed by atoms with van der Waals surface area (Å²) in [5.41, 5.74) is 2.47. The third kappa shape index (κ3) is 3.38. The van der Waals surface area contributed by atoms with Gasteiger partial charge >= 0.3 is 0 Å². The van der Waals surface area contributed by atoms with Crippen LogP contribution in [0.3, 0.4) is 0 Å². The maximum atomic E-state index is 12.6. The van der Waals surface area contributed by atoms with Gasteiger partial charge in [-0.25, -0.2) is 4.52 Å². The fraction of sp³-hybridized carbons (Fsp3) is 0.368. The molecule has 6 heteroatoms. The average molecular weight is 335 g/mol. The molecule has 1 saturated carbocycles. The Morgan fingerprint density at radius 3 is 2.80 bits per heavy atom. The lowest BCUT2D eigenvalue weighted by atomic mass is 9.85. The predicted molar refractivity (Wildman–Crippen MR) is 94.3 cm³/mol. The highest BCUT2D eigenvalue weighted by Crippen LogP contribution is 2.36. The van der Waals surface area contributed by atoms with Crippen LogP contribution in [0, 0.1) is 5.92 Å². The lowest BCUT2D eigenvalue weighted by Gasteiger charge is -2.24. The number of rotatable bonds is 5. The number of pyridine rings is 1. The van der Waals surface area contributed by atoms with Crippen molar-refractivity contribution < 1.29 is 4.79 Å². The first-order valence-corrected chi connectivity index (χ1v) is 8.82. The van der Waals surface area contributed by atoms with Gasteiger partial charge in [-0.05, 0) is 46.9 Å². The minimum Gasteiger partial charge on any atom is -0.351 e. The van der Waals surface area contributed by atoms with Gasteiger partial charge in [0.25, 0.3) is 5.91 Å². The van der Waals surface area contributed by atoms with E-state index in [0.29, 0.717) is 29.6 Å². The van der Waals surface area contributed by atoms with Gasteiger partial charge in [0.15, 0.2) is 5.65 Å². The Morgan fingerprint density at radius 1 is 1.20 bits per heavy atom. The SMILES string of the molecule is O=C(NC[C@@H](c1ccccc1)C1CCCC1)c1ccn2nnnc2c1. The summed E-state index contributed by atoms with van der Waals surface area (Å²) in [5, 5.41) is 14.4. The smallest absolute Gasteiger partial charge is 0.251 e. The quantitative estimate of drug-likeness (QED) is 0.778. The van der Waals surface area contributed by atoms with Gasteiger partial charge in [0, 0.05) is 24.2 Å². The van der Waals surface area contributed by atoms with Crippen molar-refractivity contribution in [3.63, 3.8) is 0 Å². The molecule has 1 amide bonds. The minimum absolute atomic E-state index is 0.0792. The highest BCUT2D eigenvalue weighted by molar-refractivity contribution is 5.95. The Balaban J connectivity index is 1.49. The zero-order chi connectivity index (χ0) is 17.1. The van der Waals surface area contributed by atoms with Crippen LogP contribution >= 0.6 is 0 Å². The first-order chi connectivity index (χ1) is 12.3. The molecule has 0 unspecified atom stereocenters. The first kappa shape index (κ1) is 15.7. The largest absolute Gasteiger partial charge is 0.351 e. The number of benzene rings is 1. The third-order valence-corrected chi connectivity index (χ3v) is 5.14. The van der Waals surface area contributed by atoms with E-state index in [0.717, 1.165) is 0 Å². The Kier molecular flexibility index (Phi) is 4.41. The zero-order valence-corrected chi connectivity index (χ0v) is 14.0. The Bertz CT molecular complexity index is 854. The summed E-state index contributed by atoms with van der Waals surface area (Å²) in [5.74, 6) is 0.932. The van der Waals surface area contributed by atoms with Crippen molar-refractivity contribution >= 4 is 11.6 Å². The molecule has 4 rings (SSSR count). The second-order valence-electron chi connectivity index (χ2n) is 6.67. The third-order valence-electron chi connectivity index (χ3n) is 5.14. The summed E-state index contributed by atoms with van der Waals surface area (Å²) < 4.78 is 1.54. The zero-order valence-electron chi connectivity index (χ0n) is 14.0. The number of nitrogens with one attached hydrogen (secondary N) is 1. The molecule has 3 aromatic rings. The molecule has 128 valence electrons. The molecule has 0 bridgehead atoms. The molecule has 1 atom stereocenters. The molecule has 1 aliphatic rings. The van der Waals surface area contributed by atoms with E-state index in [1.807, 2.05) is 6.07 Å². The van der Waals surface area contributed by atoms with E-state index < -0.39 is 0 Å². The van der Waals surface area contributed by atoms with E-state index in [4.69, 9.17) is 0 Å². The van der Waals surface area contributed by atoms with Crippen LogP contribution in [0.15, 0.2) is 48.7 Å². The Labute approximate surface area is 146 Å². The van der Waals surface area contributed by atoms with E-state index in [1.54, 1.807) is 22.8 Å². The Morgan fingerprint density at radius 2 is 2.00 bits per heavy atom. The maximum absolute atomic E-state index is 12.6. The van der Waals surface area contributed by atoms with Gasteiger partial charge in [0.2, 0.25) is 0 Å². The van der Waals surface area contributed by atoms with Crippen molar-refractivity contribution in [2.24, 2.45) is 5.92 Å². The van der Waals surface area contributed by atoms with Crippen LogP contribution in [0.4, 0.5) is 0 Å². The van der Waals surface area contributed by atoms with Crippen molar-refractivity contribution in [1.29, 1.82) is 0 Å². The standard InChI is InChI=1S/C19H21N5O/c25-19(16-10-11-24-18(12-16)21-22-23-24)20-13-17(15-8-4-5-9-15)14-6-2-1-3-7-14/h1-3,6-7,10-12,15,17H,4-5,8-9,13H2,(H,20,25)/t17-/m0/s1. The molecule has 25 heavy (non-hydrogen) atoms. The van der Waals surface area contributed by atoms with Crippen molar-refractivity contribution in [2.75, 3.05) is 6.54 Å². The van der Waals surface area contributed by atoms with E-state index in [-0.39, 0.29) is 5.91 Å².